The summed E-state index contributed by atoms with van der Waals surface area (Å²) < 4.78 is 6.33. The number of carbonyl (C=O) groups is 1. The highest BCUT2D eigenvalue weighted by Gasteiger charge is 2.43. The number of nitrogens with zero attached hydrogens (tertiary/aromatic N) is 3. The van der Waals surface area contributed by atoms with Crippen LogP contribution in [-0.4, -0.2) is 34.4 Å². The molecule has 0 N–H and O–H groups in total. The molecule has 5 nitrogen and oxygen atoms in total. The van der Waals surface area contributed by atoms with Crippen LogP contribution in [0.1, 0.15) is 41.0 Å². The molecule has 136 valence electrons. The smallest absolute Gasteiger partial charge is 0.170 e. The summed E-state index contributed by atoms with van der Waals surface area (Å²) in [5.41, 5.74) is 1.05. The van der Waals surface area contributed by atoms with Crippen LogP contribution < -0.4 is 9.64 Å². The van der Waals surface area contributed by atoms with E-state index in [1.165, 1.54) is 0 Å². The summed E-state index contributed by atoms with van der Waals surface area (Å²) in [4.78, 5) is 23.4. The highest BCUT2D eigenvalue weighted by molar-refractivity contribution is 6.32. The van der Waals surface area contributed by atoms with Gasteiger partial charge in [-0.2, -0.15) is 0 Å². The topological polar surface area (TPSA) is 55.3 Å². The van der Waals surface area contributed by atoms with E-state index in [1.807, 2.05) is 19.9 Å². The number of halogens is 2. The minimum Gasteiger partial charge on any atom is -0.486 e. The fourth-order valence-corrected chi connectivity index (χ4v) is 4.10. The van der Waals surface area contributed by atoms with Crippen molar-refractivity contribution in [3.63, 3.8) is 0 Å². The molecule has 2 aliphatic heterocycles. The third-order valence-electron chi connectivity index (χ3n) is 5.16. The van der Waals surface area contributed by atoms with Crippen molar-refractivity contribution < 1.29 is 9.53 Å². The van der Waals surface area contributed by atoms with Gasteiger partial charge in [0.25, 0.3) is 0 Å². The van der Waals surface area contributed by atoms with Gasteiger partial charge in [0.15, 0.2) is 5.78 Å². The van der Waals surface area contributed by atoms with Crippen LogP contribution in [0.4, 0.5) is 5.82 Å². The fourth-order valence-electron chi connectivity index (χ4n) is 3.72. The van der Waals surface area contributed by atoms with Gasteiger partial charge >= 0.3 is 0 Å². The van der Waals surface area contributed by atoms with Gasteiger partial charge in [-0.05, 0) is 31.5 Å². The molecule has 0 saturated carbocycles. The first-order valence-electron chi connectivity index (χ1n) is 8.64. The Balaban J connectivity index is 1.55. The molecule has 2 aromatic rings. The number of ketones is 1. The van der Waals surface area contributed by atoms with Crippen LogP contribution in [0.3, 0.4) is 0 Å². The number of aromatic nitrogens is 2. The molecule has 1 saturated heterocycles. The molecule has 2 aliphatic rings. The number of rotatable bonds is 1. The van der Waals surface area contributed by atoms with Crippen LogP contribution in [0.15, 0.2) is 18.2 Å². The van der Waals surface area contributed by atoms with E-state index in [-0.39, 0.29) is 5.78 Å². The van der Waals surface area contributed by atoms with Crippen LogP contribution in [0.25, 0.3) is 0 Å². The Labute approximate surface area is 162 Å². The molecule has 3 heterocycles. The van der Waals surface area contributed by atoms with Gasteiger partial charge in [-0.1, -0.05) is 23.2 Å². The summed E-state index contributed by atoms with van der Waals surface area (Å²) in [5.74, 6) is 2.22. The molecule has 1 aromatic heterocycles. The highest BCUT2D eigenvalue weighted by atomic mass is 35.5. The van der Waals surface area contributed by atoms with E-state index in [0.29, 0.717) is 33.7 Å². The van der Waals surface area contributed by atoms with Crippen molar-refractivity contribution in [2.45, 2.75) is 38.7 Å². The van der Waals surface area contributed by atoms with E-state index in [0.717, 1.165) is 37.3 Å². The van der Waals surface area contributed by atoms with E-state index >= 15 is 0 Å². The summed E-state index contributed by atoms with van der Waals surface area (Å²) in [6, 6.07) is 5.37. The molecule has 0 amide bonds. The molecule has 26 heavy (non-hydrogen) atoms. The van der Waals surface area contributed by atoms with E-state index in [2.05, 4.69) is 14.9 Å². The van der Waals surface area contributed by atoms with Gasteiger partial charge in [0, 0.05) is 37.0 Å². The van der Waals surface area contributed by atoms with Crippen molar-refractivity contribution in [3.05, 3.63) is 45.3 Å². The van der Waals surface area contributed by atoms with Gasteiger partial charge in [0.2, 0.25) is 0 Å². The van der Waals surface area contributed by atoms with Gasteiger partial charge in [-0.3, -0.25) is 4.79 Å². The Morgan fingerprint density at radius 2 is 1.85 bits per heavy atom. The summed E-state index contributed by atoms with van der Waals surface area (Å²) in [7, 11) is 0. The van der Waals surface area contributed by atoms with Gasteiger partial charge in [0.1, 0.15) is 28.1 Å². The van der Waals surface area contributed by atoms with Crippen LogP contribution in [0.5, 0.6) is 5.75 Å². The number of hydrogen-bond acceptors (Lipinski definition) is 5. The predicted octanol–water partition coefficient (Wildman–Crippen LogP) is 4.40. The third kappa shape index (κ3) is 3.14. The maximum atomic E-state index is 12.7. The molecule has 0 atom stereocenters. The quantitative estimate of drug-likeness (QED) is 0.674. The lowest BCUT2D eigenvalue weighted by Crippen LogP contribution is -2.51. The molecule has 1 spiro atoms. The minimum atomic E-state index is -0.452. The first-order chi connectivity index (χ1) is 12.3. The zero-order chi connectivity index (χ0) is 18.5. The third-order valence-corrected chi connectivity index (χ3v) is 5.76. The van der Waals surface area contributed by atoms with E-state index in [9.17, 15) is 4.79 Å². The Morgan fingerprint density at radius 3 is 2.54 bits per heavy atom. The fraction of sp³-hybridized carbons (Fsp3) is 0.421. The first-order valence-corrected chi connectivity index (χ1v) is 9.39. The van der Waals surface area contributed by atoms with Crippen molar-refractivity contribution in [1.82, 2.24) is 9.97 Å². The van der Waals surface area contributed by atoms with Crippen molar-refractivity contribution in [1.29, 1.82) is 0 Å². The number of ether oxygens (including phenoxy) is 1. The standard InChI is InChI=1S/C19H19Cl2N3O2/c1-11-7-16-13(8-14(11)20)15(25)10-19(26-16)3-5-24(6-4-19)18-9-17(21)22-12(2)23-18/h7-9H,3-6,10H2,1-2H3. The molecule has 0 radical (unpaired) electrons. The van der Waals surface area contributed by atoms with E-state index < -0.39 is 5.60 Å². The minimum absolute atomic E-state index is 0.0996. The molecule has 0 bridgehead atoms. The summed E-state index contributed by atoms with van der Waals surface area (Å²) >= 11 is 12.2. The number of anilines is 1. The van der Waals surface area contributed by atoms with Crippen LogP contribution in [-0.2, 0) is 0 Å². The lowest BCUT2D eigenvalue weighted by atomic mass is 9.82. The summed E-state index contributed by atoms with van der Waals surface area (Å²) in [5, 5.41) is 1.04. The summed E-state index contributed by atoms with van der Waals surface area (Å²) in [6.07, 6.45) is 1.89. The van der Waals surface area contributed by atoms with Gasteiger partial charge in [-0.25, -0.2) is 9.97 Å². The maximum Gasteiger partial charge on any atom is 0.170 e. The highest BCUT2D eigenvalue weighted by Crippen LogP contribution is 2.41. The molecule has 1 fully saturated rings. The summed E-state index contributed by atoms with van der Waals surface area (Å²) in [6.45, 7) is 5.25. The zero-order valence-electron chi connectivity index (χ0n) is 14.7. The first kappa shape index (κ1) is 17.6. The molecule has 0 unspecified atom stereocenters. The Hall–Kier alpha value is -1.85. The van der Waals surface area contributed by atoms with Gasteiger partial charge < -0.3 is 9.64 Å². The van der Waals surface area contributed by atoms with Crippen molar-refractivity contribution in [2.75, 3.05) is 18.0 Å². The average Bonchev–Trinajstić information content (AvgIpc) is 2.57. The number of piperidine rings is 1. The molecular formula is C19H19Cl2N3O2. The molecule has 7 heteroatoms. The van der Waals surface area contributed by atoms with Crippen LogP contribution in [0, 0.1) is 13.8 Å². The molecule has 4 rings (SSSR count). The van der Waals surface area contributed by atoms with E-state index in [1.54, 1.807) is 12.1 Å². The lowest BCUT2D eigenvalue weighted by molar-refractivity contribution is 0.0231. The molecule has 1 aromatic carbocycles. The molecule has 0 aliphatic carbocycles. The number of carbonyl (C=O) groups excluding carboxylic acids is 1. The van der Waals surface area contributed by atoms with Crippen molar-refractivity contribution in [3.8, 4) is 5.75 Å². The number of aryl methyl sites for hydroxylation is 2. The second-order valence-corrected chi connectivity index (χ2v) is 7.86. The van der Waals surface area contributed by atoms with Crippen LogP contribution >= 0.6 is 23.2 Å². The second kappa shape index (κ2) is 6.39. The largest absolute Gasteiger partial charge is 0.486 e. The lowest BCUT2D eigenvalue weighted by Gasteiger charge is -2.44. The van der Waals surface area contributed by atoms with E-state index in [4.69, 9.17) is 27.9 Å². The normalized spacial score (nSPS) is 18.6. The number of fused-ring (bicyclic) bond motifs is 1. The van der Waals surface area contributed by atoms with Crippen molar-refractivity contribution >= 4 is 34.8 Å². The Morgan fingerprint density at radius 1 is 1.12 bits per heavy atom. The van der Waals surface area contributed by atoms with Gasteiger partial charge in [-0.15, -0.1) is 0 Å². The number of hydrogen-bond donors (Lipinski definition) is 0. The number of Topliss-reactive ketones (excluding diaryl/α,β-unsaturated/α-hetero) is 1. The van der Waals surface area contributed by atoms with Crippen LogP contribution in [0.2, 0.25) is 10.2 Å². The Bertz CT molecular complexity index is 872. The maximum absolute atomic E-state index is 12.7. The van der Waals surface area contributed by atoms with Crippen molar-refractivity contribution in [2.24, 2.45) is 0 Å². The number of benzene rings is 1. The average molecular weight is 392 g/mol. The zero-order valence-corrected chi connectivity index (χ0v) is 16.2. The van der Waals surface area contributed by atoms with Gasteiger partial charge in [0.05, 0.1) is 12.0 Å². The predicted molar refractivity (Wildman–Crippen MR) is 102 cm³/mol. The SMILES string of the molecule is Cc1nc(Cl)cc(N2CCC3(CC2)CC(=O)c2cc(Cl)c(C)cc2O3)n1. The second-order valence-electron chi connectivity index (χ2n) is 7.07. The molecular weight excluding hydrogens is 373 g/mol. The monoisotopic (exact) mass is 391 g/mol. The Kier molecular flexibility index (Phi) is 4.32.